The highest BCUT2D eigenvalue weighted by Crippen LogP contribution is 2.46. The predicted octanol–water partition coefficient (Wildman–Crippen LogP) is 5.38. The van der Waals surface area contributed by atoms with E-state index in [2.05, 4.69) is 41.7 Å². The van der Waals surface area contributed by atoms with Crippen LogP contribution in [0.5, 0.6) is 5.75 Å². The van der Waals surface area contributed by atoms with Crippen molar-refractivity contribution in [3.05, 3.63) is 77.9 Å². The number of esters is 1. The van der Waals surface area contributed by atoms with Crippen LogP contribution in [0.25, 0.3) is 10.8 Å². The second kappa shape index (κ2) is 16.5. The molecule has 4 aromatic carbocycles. The van der Waals surface area contributed by atoms with Crippen LogP contribution in [0, 0.1) is 0 Å². The zero-order valence-corrected chi connectivity index (χ0v) is 27.3. The molecular formula is C32H36N8O7S. The molecule has 0 aliphatic heterocycles. The van der Waals surface area contributed by atoms with Crippen LogP contribution >= 0.6 is 0 Å². The maximum Gasteiger partial charge on any atom is 0.340 e. The Balaban J connectivity index is 1.72. The lowest BCUT2D eigenvalue weighted by Gasteiger charge is -2.13. The van der Waals surface area contributed by atoms with E-state index in [0.717, 1.165) is 19.0 Å². The average Bonchev–Trinajstić information content (AvgIpc) is 3.08. The number of likely N-dealkylation sites (N-methyl/N-ethyl adjacent to an activating group) is 1. The molecule has 48 heavy (non-hydrogen) atoms. The van der Waals surface area contributed by atoms with Gasteiger partial charge in [-0.3, -0.25) is 9.35 Å². The van der Waals surface area contributed by atoms with Crippen molar-refractivity contribution in [2.45, 2.75) is 11.3 Å². The fourth-order valence-electron chi connectivity index (χ4n) is 4.52. The third kappa shape index (κ3) is 8.74. The fraction of sp³-hybridized carbons (Fsp3) is 0.250. The van der Waals surface area contributed by atoms with Gasteiger partial charge in [0.25, 0.3) is 16.0 Å². The number of benzene rings is 4. The number of rotatable bonds is 15. The molecule has 6 N–H and O–H groups in total. The Labute approximate surface area is 277 Å². The summed E-state index contributed by atoms with van der Waals surface area (Å²) in [5.41, 5.74) is 0.995. The van der Waals surface area contributed by atoms with Crippen LogP contribution in [0.2, 0.25) is 0 Å². The molecule has 15 nitrogen and oxygen atoms in total. The fourth-order valence-corrected chi connectivity index (χ4v) is 5.17. The highest BCUT2D eigenvalue weighted by atomic mass is 32.2. The number of phenols is 1. The van der Waals surface area contributed by atoms with E-state index in [0.29, 0.717) is 24.3 Å². The number of nitrogens with one attached hydrogen (secondary N) is 4. The number of amides is 1. The first-order valence-electron chi connectivity index (χ1n) is 14.8. The van der Waals surface area contributed by atoms with Gasteiger partial charge in [-0.25, -0.2) is 4.79 Å². The molecule has 0 fully saturated rings. The highest BCUT2D eigenvalue weighted by Gasteiger charge is 2.24. The van der Waals surface area contributed by atoms with E-state index in [1.54, 1.807) is 38.4 Å². The number of hydrogen-bond acceptors (Lipinski definition) is 13. The van der Waals surface area contributed by atoms with Crippen molar-refractivity contribution < 1.29 is 32.4 Å². The molecule has 0 bridgehead atoms. The summed E-state index contributed by atoms with van der Waals surface area (Å²) in [7, 11) is 0.219. The summed E-state index contributed by atoms with van der Waals surface area (Å²) in [6, 6.07) is 16.7. The second-order valence-electron chi connectivity index (χ2n) is 10.3. The first-order valence-corrected chi connectivity index (χ1v) is 16.3. The van der Waals surface area contributed by atoms with Crippen molar-refractivity contribution in [3.63, 3.8) is 0 Å². The number of carbonyl (C=O) groups excluding carboxylic acids is 2. The average molecular weight is 677 g/mol. The smallest absolute Gasteiger partial charge is 0.340 e. The van der Waals surface area contributed by atoms with E-state index in [9.17, 15) is 27.7 Å². The topological polar surface area (TPSA) is 216 Å². The standard InChI is InChI=1S/C32H36N8O7S/c1-33-15-6-16-36-31(42)20-9-11-21(12-10-20)37-40-29-27(48(44,45)46)19-24-22(30(29)41)13-14-26(35-3)28(24)39-38-25-8-5-4-7-23(25)32(43)47-18-17-34-2/h4-5,7-14,19,33-35,41H,6,15-18H2,1-3H3,(H,36,42)(H,44,45,46). The molecule has 0 atom stereocenters. The van der Waals surface area contributed by atoms with Crippen LogP contribution in [-0.2, 0) is 14.9 Å². The van der Waals surface area contributed by atoms with Crippen LogP contribution < -0.4 is 21.3 Å². The largest absolute Gasteiger partial charge is 0.505 e. The summed E-state index contributed by atoms with van der Waals surface area (Å²) >= 11 is 0. The van der Waals surface area contributed by atoms with Crippen LogP contribution in [-0.4, -0.2) is 77.3 Å². The van der Waals surface area contributed by atoms with Crippen molar-refractivity contribution >= 4 is 61.2 Å². The van der Waals surface area contributed by atoms with Crippen molar-refractivity contribution in [1.82, 2.24) is 16.0 Å². The number of azo groups is 2. The summed E-state index contributed by atoms with van der Waals surface area (Å²) in [6.07, 6.45) is 0.766. The lowest BCUT2D eigenvalue weighted by atomic mass is 10.1. The number of ether oxygens (including phenoxy) is 1. The number of hydrogen-bond donors (Lipinski definition) is 6. The van der Waals surface area contributed by atoms with Crippen LogP contribution in [0.3, 0.4) is 0 Å². The molecule has 16 heteroatoms. The Morgan fingerprint density at radius 1 is 0.812 bits per heavy atom. The Bertz CT molecular complexity index is 1950. The van der Waals surface area contributed by atoms with Gasteiger partial charge in [0, 0.05) is 36.5 Å². The molecule has 4 aromatic rings. The molecule has 0 aromatic heterocycles. The zero-order valence-electron chi connectivity index (χ0n) is 26.5. The molecule has 0 radical (unpaired) electrons. The van der Waals surface area contributed by atoms with Gasteiger partial charge in [0.2, 0.25) is 0 Å². The van der Waals surface area contributed by atoms with Gasteiger partial charge in [0.05, 0.1) is 16.9 Å². The predicted molar refractivity (Wildman–Crippen MR) is 181 cm³/mol. The Morgan fingerprint density at radius 3 is 2.21 bits per heavy atom. The van der Waals surface area contributed by atoms with Gasteiger partial charge < -0.3 is 31.1 Å². The lowest BCUT2D eigenvalue weighted by molar-refractivity contribution is 0.0511. The third-order valence-corrected chi connectivity index (χ3v) is 7.87. The number of phenolic OH excluding ortho intramolecular Hbond substituents is 1. The first-order chi connectivity index (χ1) is 23.1. The molecule has 0 aliphatic carbocycles. The van der Waals surface area contributed by atoms with Crippen molar-refractivity contribution in [2.75, 3.05) is 52.7 Å². The van der Waals surface area contributed by atoms with Crippen LogP contribution in [0.4, 0.5) is 28.4 Å². The molecule has 0 heterocycles. The van der Waals surface area contributed by atoms with Gasteiger partial charge in [0.1, 0.15) is 28.6 Å². The molecule has 0 saturated carbocycles. The lowest BCUT2D eigenvalue weighted by Crippen LogP contribution is -2.26. The summed E-state index contributed by atoms with van der Waals surface area (Å²) in [6.45, 7) is 1.86. The van der Waals surface area contributed by atoms with Crippen molar-refractivity contribution in [3.8, 4) is 5.75 Å². The minimum Gasteiger partial charge on any atom is -0.505 e. The Morgan fingerprint density at radius 2 is 1.52 bits per heavy atom. The summed E-state index contributed by atoms with van der Waals surface area (Å²) in [5.74, 6) is -1.46. The molecule has 1 amide bonds. The Hall–Kier alpha value is -5.29. The summed E-state index contributed by atoms with van der Waals surface area (Å²) < 4.78 is 40.5. The highest BCUT2D eigenvalue weighted by molar-refractivity contribution is 7.86. The molecule has 252 valence electrons. The van der Waals surface area contributed by atoms with Crippen molar-refractivity contribution in [2.24, 2.45) is 20.5 Å². The second-order valence-corrected chi connectivity index (χ2v) is 11.7. The van der Waals surface area contributed by atoms with Crippen LogP contribution in [0.1, 0.15) is 27.1 Å². The van der Waals surface area contributed by atoms with Crippen LogP contribution in [0.15, 0.2) is 92.1 Å². The van der Waals surface area contributed by atoms with Gasteiger partial charge in [-0.2, -0.15) is 13.5 Å². The van der Waals surface area contributed by atoms with Crippen molar-refractivity contribution in [1.29, 1.82) is 0 Å². The number of nitrogens with zero attached hydrogens (tertiary/aromatic N) is 4. The number of aromatic hydroxyl groups is 1. The van der Waals surface area contributed by atoms with Gasteiger partial charge in [0.15, 0.2) is 5.75 Å². The van der Waals surface area contributed by atoms with E-state index in [1.807, 2.05) is 7.05 Å². The van der Waals surface area contributed by atoms with E-state index < -0.39 is 32.4 Å². The monoisotopic (exact) mass is 676 g/mol. The van der Waals surface area contributed by atoms with Gasteiger partial charge in [-0.05, 0) is 81.7 Å². The first kappa shape index (κ1) is 35.6. The van der Waals surface area contributed by atoms with Gasteiger partial charge in [-0.1, -0.05) is 12.1 Å². The molecule has 0 saturated heterocycles. The molecule has 0 aliphatic rings. The van der Waals surface area contributed by atoms with E-state index in [4.69, 9.17) is 4.74 Å². The molecular weight excluding hydrogens is 640 g/mol. The molecule has 4 rings (SSSR count). The van der Waals surface area contributed by atoms with E-state index in [1.165, 1.54) is 36.4 Å². The zero-order chi connectivity index (χ0) is 34.7. The minimum atomic E-state index is -4.95. The quantitative estimate of drug-likeness (QED) is 0.0409. The third-order valence-electron chi connectivity index (χ3n) is 7.00. The maximum absolute atomic E-state index is 12.7. The minimum absolute atomic E-state index is 0.105. The summed E-state index contributed by atoms with van der Waals surface area (Å²) in [4.78, 5) is 24.3. The number of anilines is 1. The van der Waals surface area contributed by atoms with Gasteiger partial charge >= 0.3 is 5.97 Å². The number of carbonyl (C=O) groups is 2. The van der Waals surface area contributed by atoms with E-state index >= 15 is 0 Å². The summed E-state index contributed by atoms with van der Waals surface area (Å²) in [5, 5.41) is 39.7. The van der Waals surface area contributed by atoms with Gasteiger partial charge in [-0.15, -0.1) is 15.3 Å². The maximum atomic E-state index is 12.7. The SMILES string of the molecule is CNCCCNC(=O)c1ccc(N=Nc2c(S(=O)(=O)O)cc3c(N=Nc4ccccc4C(=O)OCCNC)c(NC)ccc3c2O)cc1. The molecule has 0 spiro atoms. The normalized spacial score (nSPS) is 11.8. The number of fused-ring (bicyclic) bond motifs is 1. The van der Waals surface area contributed by atoms with E-state index in [-0.39, 0.29) is 45.9 Å². The Kier molecular flexibility index (Phi) is 12.2. The molecule has 0 unspecified atom stereocenters.